The maximum atomic E-state index is 14.4. The quantitative estimate of drug-likeness (QED) is 0.314. The maximum absolute atomic E-state index is 14.4. The highest BCUT2D eigenvalue weighted by atomic mass is 19.2. The van der Waals surface area contributed by atoms with Crippen LogP contribution in [0.15, 0.2) is 48.6 Å². The van der Waals surface area contributed by atoms with Gasteiger partial charge in [0.15, 0.2) is 23.1 Å². The van der Waals surface area contributed by atoms with E-state index in [0.29, 0.717) is 0 Å². The molecule has 0 unspecified atom stereocenters. The van der Waals surface area contributed by atoms with E-state index in [9.17, 15) is 27.2 Å². The van der Waals surface area contributed by atoms with Crippen molar-refractivity contribution in [3.05, 3.63) is 71.8 Å². The molecule has 0 aromatic heterocycles. The van der Waals surface area contributed by atoms with Crippen LogP contribution in [0.1, 0.15) is 13.8 Å². The Morgan fingerprint density at radius 1 is 0.679 bits per heavy atom. The van der Waals surface area contributed by atoms with Gasteiger partial charge in [-0.3, -0.25) is 0 Å². The monoisotopic (exact) mass is 394 g/mol. The summed E-state index contributed by atoms with van der Waals surface area (Å²) >= 11 is 0. The van der Waals surface area contributed by atoms with Crippen LogP contribution in [0, 0.1) is 23.3 Å². The summed E-state index contributed by atoms with van der Waals surface area (Å²) in [5.74, 6) is -9.67. The molecule has 0 atom stereocenters. The fraction of sp³-hybridized carbons (Fsp3) is 0.100. The third kappa shape index (κ3) is 4.11. The normalized spacial score (nSPS) is 10.4. The molecule has 0 aliphatic heterocycles. The largest absolute Gasteiger partial charge is 0.420 e. The molecule has 0 amide bonds. The van der Waals surface area contributed by atoms with Crippen molar-refractivity contribution >= 4 is 11.9 Å². The average molecular weight is 394 g/mol. The minimum Gasteiger partial charge on any atom is -0.420 e. The lowest BCUT2D eigenvalue weighted by Gasteiger charge is -2.12. The summed E-state index contributed by atoms with van der Waals surface area (Å²) in [6, 6.07) is 3.61. The number of rotatable bonds is 5. The number of esters is 2. The first-order valence-electron chi connectivity index (χ1n) is 7.76. The van der Waals surface area contributed by atoms with Crippen LogP contribution in [-0.4, -0.2) is 11.9 Å². The van der Waals surface area contributed by atoms with Crippen molar-refractivity contribution in [1.29, 1.82) is 0 Å². The van der Waals surface area contributed by atoms with Gasteiger partial charge in [-0.1, -0.05) is 13.2 Å². The molecule has 0 heterocycles. The number of ether oxygens (including phenoxy) is 2. The van der Waals surface area contributed by atoms with Gasteiger partial charge in [0.2, 0.25) is 11.6 Å². The van der Waals surface area contributed by atoms with E-state index >= 15 is 0 Å². The highest BCUT2D eigenvalue weighted by Gasteiger charge is 2.23. The number of carbonyl (C=O) groups is 2. The summed E-state index contributed by atoms with van der Waals surface area (Å²) in [6.07, 6.45) is 0. The van der Waals surface area contributed by atoms with Gasteiger partial charge >= 0.3 is 11.9 Å². The standard InChI is InChI=1S/C20H14F4O4/c1-9(2)19(25)27-13-7-5-11(15(21)17(13)23)12-6-8-14(18(24)16(12)22)28-20(26)10(3)4/h5-8H,1,3H2,2,4H3. The molecule has 0 fully saturated rings. The number of halogens is 4. The third-order valence-electron chi connectivity index (χ3n) is 3.49. The Kier molecular flexibility index (Phi) is 6.03. The lowest BCUT2D eigenvalue weighted by molar-refractivity contribution is -0.131. The van der Waals surface area contributed by atoms with Crippen LogP contribution in [0.4, 0.5) is 17.6 Å². The van der Waals surface area contributed by atoms with E-state index in [4.69, 9.17) is 0 Å². The van der Waals surface area contributed by atoms with Crippen molar-refractivity contribution in [3.8, 4) is 22.6 Å². The van der Waals surface area contributed by atoms with Gasteiger partial charge in [-0.15, -0.1) is 0 Å². The Morgan fingerprint density at radius 2 is 1.00 bits per heavy atom. The molecule has 0 bridgehead atoms. The second-order valence-corrected chi connectivity index (χ2v) is 5.82. The van der Waals surface area contributed by atoms with Crippen molar-refractivity contribution in [2.75, 3.05) is 0 Å². The highest BCUT2D eigenvalue weighted by Crippen LogP contribution is 2.34. The van der Waals surface area contributed by atoms with E-state index in [1.54, 1.807) is 0 Å². The molecule has 28 heavy (non-hydrogen) atoms. The molecule has 8 heteroatoms. The zero-order valence-electron chi connectivity index (χ0n) is 14.9. The Hall–Kier alpha value is -3.42. The van der Waals surface area contributed by atoms with Gasteiger partial charge < -0.3 is 9.47 Å². The van der Waals surface area contributed by atoms with Crippen molar-refractivity contribution in [1.82, 2.24) is 0 Å². The molecule has 2 aromatic rings. The first kappa shape index (κ1) is 20.9. The summed E-state index contributed by atoms with van der Waals surface area (Å²) in [7, 11) is 0. The van der Waals surface area contributed by atoms with E-state index in [1.165, 1.54) is 13.8 Å². The summed E-state index contributed by atoms with van der Waals surface area (Å²) in [6.45, 7) is 9.23. The van der Waals surface area contributed by atoms with E-state index in [-0.39, 0.29) is 11.1 Å². The van der Waals surface area contributed by atoms with Crippen LogP contribution in [0.25, 0.3) is 11.1 Å². The van der Waals surface area contributed by atoms with E-state index in [0.717, 1.165) is 24.3 Å². The molecule has 4 nitrogen and oxygen atoms in total. The van der Waals surface area contributed by atoms with Gasteiger partial charge in [-0.05, 0) is 38.1 Å². The highest BCUT2D eigenvalue weighted by molar-refractivity contribution is 5.89. The number of hydrogen-bond acceptors (Lipinski definition) is 4. The van der Waals surface area contributed by atoms with Crippen molar-refractivity contribution < 1.29 is 36.6 Å². The topological polar surface area (TPSA) is 52.6 Å². The molecule has 0 N–H and O–H groups in total. The number of hydrogen-bond donors (Lipinski definition) is 0. The molecule has 146 valence electrons. The van der Waals surface area contributed by atoms with E-state index in [2.05, 4.69) is 22.6 Å². The molecule has 0 aliphatic carbocycles. The summed E-state index contributed by atoms with van der Waals surface area (Å²) in [5, 5.41) is 0. The summed E-state index contributed by atoms with van der Waals surface area (Å²) in [4.78, 5) is 22.9. The fourth-order valence-corrected chi connectivity index (χ4v) is 2.01. The number of benzene rings is 2. The summed E-state index contributed by atoms with van der Waals surface area (Å²) < 4.78 is 66.3. The van der Waals surface area contributed by atoms with Gasteiger partial charge in [-0.2, -0.15) is 8.78 Å². The minimum absolute atomic E-state index is 0.0445. The molecular weight excluding hydrogens is 380 g/mol. The van der Waals surface area contributed by atoms with Crippen molar-refractivity contribution in [3.63, 3.8) is 0 Å². The first-order chi connectivity index (χ1) is 13.0. The zero-order chi connectivity index (χ0) is 21.2. The molecular formula is C20H14F4O4. The zero-order valence-corrected chi connectivity index (χ0v) is 14.9. The van der Waals surface area contributed by atoms with E-state index in [1.807, 2.05) is 0 Å². The summed E-state index contributed by atoms with van der Waals surface area (Å²) in [5.41, 5.74) is -1.34. The smallest absolute Gasteiger partial charge is 0.338 e. The van der Waals surface area contributed by atoms with Gasteiger partial charge in [-0.25, -0.2) is 18.4 Å². The van der Waals surface area contributed by atoms with E-state index < -0.39 is 57.8 Å². The molecule has 0 spiro atoms. The maximum Gasteiger partial charge on any atom is 0.338 e. The second-order valence-electron chi connectivity index (χ2n) is 5.82. The van der Waals surface area contributed by atoms with Crippen LogP contribution < -0.4 is 9.47 Å². The third-order valence-corrected chi connectivity index (χ3v) is 3.49. The first-order valence-corrected chi connectivity index (χ1v) is 7.76. The lowest BCUT2D eigenvalue weighted by atomic mass is 10.0. The Bertz CT molecular complexity index is 930. The second kappa shape index (κ2) is 8.08. The Balaban J connectivity index is 2.45. The fourth-order valence-electron chi connectivity index (χ4n) is 2.01. The average Bonchev–Trinajstić information content (AvgIpc) is 2.63. The SMILES string of the molecule is C=C(C)C(=O)Oc1ccc(-c2ccc(OC(=O)C(=C)C)c(F)c2F)c(F)c1F. The Labute approximate surface area is 157 Å². The predicted molar refractivity (Wildman–Crippen MR) is 92.6 cm³/mol. The van der Waals surface area contributed by atoms with Gasteiger partial charge in [0.25, 0.3) is 0 Å². The van der Waals surface area contributed by atoms with Crippen molar-refractivity contribution in [2.45, 2.75) is 13.8 Å². The Morgan fingerprint density at radius 3 is 1.29 bits per heavy atom. The lowest BCUT2D eigenvalue weighted by Crippen LogP contribution is -2.11. The van der Waals surface area contributed by atoms with Crippen LogP contribution in [0.5, 0.6) is 11.5 Å². The molecule has 2 aromatic carbocycles. The van der Waals surface area contributed by atoms with Crippen molar-refractivity contribution in [2.24, 2.45) is 0 Å². The van der Waals surface area contributed by atoms with Crippen LogP contribution in [0.2, 0.25) is 0 Å². The molecule has 0 aliphatic rings. The predicted octanol–water partition coefficient (Wildman–Crippen LogP) is 4.87. The van der Waals surface area contributed by atoms with Crippen LogP contribution >= 0.6 is 0 Å². The molecule has 0 radical (unpaired) electrons. The van der Waals surface area contributed by atoms with Gasteiger partial charge in [0.05, 0.1) is 0 Å². The van der Waals surface area contributed by atoms with Gasteiger partial charge in [0, 0.05) is 22.3 Å². The molecule has 2 rings (SSSR count). The number of carbonyl (C=O) groups excluding carboxylic acids is 2. The minimum atomic E-state index is -1.57. The van der Waals surface area contributed by atoms with Crippen LogP contribution in [-0.2, 0) is 9.59 Å². The van der Waals surface area contributed by atoms with Crippen LogP contribution in [0.3, 0.4) is 0 Å². The molecule has 0 saturated heterocycles. The van der Waals surface area contributed by atoms with Gasteiger partial charge in [0.1, 0.15) is 0 Å². The molecule has 0 saturated carbocycles.